The Labute approximate surface area is 142 Å². The van der Waals surface area contributed by atoms with Gasteiger partial charge in [-0.1, -0.05) is 91.0 Å². The van der Waals surface area contributed by atoms with Gasteiger partial charge in [-0.25, -0.2) is 0 Å². The summed E-state index contributed by atoms with van der Waals surface area (Å²) in [6.45, 7) is 2.20. The third kappa shape index (κ3) is 2.55. The van der Waals surface area contributed by atoms with Gasteiger partial charge in [-0.2, -0.15) is 0 Å². The molecule has 116 valence electrons. The zero-order valence-corrected chi connectivity index (χ0v) is 13.7. The summed E-state index contributed by atoms with van der Waals surface area (Å²) in [4.78, 5) is 3.68. The van der Waals surface area contributed by atoms with Gasteiger partial charge in [0, 0.05) is 11.3 Å². The molecule has 0 saturated heterocycles. The van der Waals surface area contributed by atoms with E-state index in [1.165, 1.54) is 39.2 Å². The van der Waals surface area contributed by atoms with Crippen molar-refractivity contribution in [2.75, 3.05) is 0 Å². The van der Waals surface area contributed by atoms with Gasteiger partial charge in [-0.3, -0.25) is 0 Å². The maximum atomic E-state index is 3.68. The van der Waals surface area contributed by atoms with Gasteiger partial charge in [-0.15, -0.1) is 0 Å². The Kier molecular flexibility index (Phi) is 3.76. The van der Waals surface area contributed by atoms with Gasteiger partial charge in [0.25, 0.3) is 0 Å². The number of hydrogen-bond acceptors (Lipinski definition) is 0. The van der Waals surface area contributed by atoms with Crippen LogP contribution in [0.15, 0.2) is 91.0 Å². The molecule has 0 aliphatic carbocycles. The molecular formula is C23H19N. The van der Waals surface area contributed by atoms with Crippen LogP contribution in [-0.4, -0.2) is 4.98 Å². The quantitative estimate of drug-likeness (QED) is 0.455. The summed E-state index contributed by atoms with van der Waals surface area (Å²) in [6, 6.07) is 31.7. The average molecular weight is 309 g/mol. The topological polar surface area (TPSA) is 15.8 Å². The molecule has 0 radical (unpaired) electrons. The number of aromatic nitrogens is 1. The lowest BCUT2D eigenvalue weighted by Gasteiger charge is -2.06. The molecule has 0 saturated carbocycles. The summed E-state index contributed by atoms with van der Waals surface area (Å²) in [7, 11) is 0. The number of nitrogens with one attached hydrogen (secondary N) is 1. The normalized spacial score (nSPS) is 10.7. The van der Waals surface area contributed by atoms with E-state index in [0.29, 0.717) is 0 Å². The summed E-state index contributed by atoms with van der Waals surface area (Å²) < 4.78 is 0. The largest absolute Gasteiger partial charge is 0.354 e. The molecule has 1 heteroatoms. The smallest absolute Gasteiger partial charge is 0.0541 e. The van der Waals surface area contributed by atoms with Gasteiger partial charge in [0.1, 0.15) is 0 Å². The Morgan fingerprint density at radius 3 is 1.42 bits per heavy atom. The van der Waals surface area contributed by atoms with Gasteiger partial charge < -0.3 is 4.98 Å². The van der Waals surface area contributed by atoms with Crippen molar-refractivity contribution in [3.05, 3.63) is 96.6 Å². The van der Waals surface area contributed by atoms with Crippen molar-refractivity contribution in [2.45, 2.75) is 6.92 Å². The molecule has 0 aliphatic heterocycles. The SMILES string of the molecule is Cc1c(-c2ccccc2)[nH]c(-c2ccccc2)c1-c1ccccc1. The summed E-state index contributed by atoms with van der Waals surface area (Å²) in [5, 5.41) is 0. The Morgan fingerprint density at radius 2 is 0.917 bits per heavy atom. The summed E-state index contributed by atoms with van der Waals surface area (Å²) in [5.41, 5.74) is 8.60. The van der Waals surface area contributed by atoms with Crippen LogP contribution in [0, 0.1) is 6.92 Å². The Balaban J connectivity index is 1.99. The van der Waals surface area contributed by atoms with Gasteiger partial charge in [0.05, 0.1) is 5.69 Å². The van der Waals surface area contributed by atoms with Crippen LogP contribution in [0.3, 0.4) is 0 Å². The third-order valence-electron chi connectivity index (χ3n) is 4.44. The molecule has 1 heterocycles. The molecule has 0 fully saturated rings. The third-order valence-corrected chi connectivity index (χ3v) is 4.44. The summed E-state index contributed by atoms with van der Waals surface area (Å²) >= 11 is 0. The number of hydrogen-bond donors (Lipinski definition) is 1. The second-order valence-electron chi connectivity index (χ2n) is 5.97. The molecular weight excluding hydrogens is 290 g/mol. The van der Waals surface area contributed by atoms with Crippen LogP contribution in [0.5, 0.6) is 0 Å². The number of rotatable bonds is 3. The second-order valence-corrected chi connectivity index (χ2v) is 5.97. The fourth-order valence-corrected chi connectivity index (χ4v) is 3.27. The van der Waals surface area contributed by atoms with Crippen LogP contribution in [-0.2, 0) is 0 Å². The fraction of sp³-hybridized carbons (Fsp3) is 0.0435. The molecule has 0 aliphatic rings. The Morgan fingerprint density at radius 1 is 0.500 bits per heavy atom. The lowest BCUT2D eigenvalue weighted by molar-refractivity contribution is 1.37. The maximum absolute atomic E-state index is 3.68. The van der Waals surface area contributed by atoms with E-state index < -0.39 is 0 Å². The van der Waals surface area contributed by atoms with Crippen molar-refractivity contribution in [1.82, 2.24) is 4.98 Å². The first-order chi connectivity index (χ1) is 11.8. The van der Waals surface area contributed by atoms with Crippen molar-refractivity contribution < 1.29 is 0 Å². The Bertz CT molecular complexity index is 936. The van der Waals surface area contributed by atoms with Crippen molar-refractivity contribution >= 4 is 0 Å². The van der Waals surface area contributed by atoms with E-state index >= 15 is 0 Å². The number of H-pyrrole nitrogens is 1. The molecule has 0 atom stereocenters. The molecule has 0 spiro atoms. The molecule has 4 rings (SSSR count). The molecule has 1 N–H and O–H groups in total. The van der Waals surface area contributed by atoms with Gasteiger partial charge in [0.2, 0.25) is 0 Å². The van der Waals surface area contributed by atoms with Crippen LogP contribution in [0.25, 0.3) is 33.6 Å². The van der Waals surface area contributed by atoms with Gasteiger partial charge in [0.15, 0.2) is 0 Å². The minimum absolute atomic E-state index is 1.18. The van der Waals surface area contributed by atoms with Crippen molar-refractivity contribution in [3.8, 4) is 33.6 Å². The second kappa shape index (κ2) is 6.21. The van der Waals surface area contributed by atoms with E-state index in [4.69, 9.17) is 0 Å². The lowest BCUT2D eigenvalue weighted by atomic mass is 9.96. The van der Waals surface area contributed by atoms with Crippen molar-refractivity contribution in [3.63, 3.8) is 0 Å². The lowest BCUT2D eigenvalue weighted by Crippen LogP contribution is -1.83. The van der Waals surface area contributed by atoms with E-state index in [9.17, 15) is 0 Å². The zero-order valence-electron chi connectivity index (χ0n) is 13.7. The van der Waals surface area contributed by atoms with E-state index in [0.717, 1.165) is 0 Å². The van der Waals surface area contributed by atoms with E-state index in [2.05, 4.69) is 103 Å². The van der Waals surface area contributed by atoms with E-state index in [-0.39, 0.29) is 0 Å². The van der Waals surface area contributed by atoms with Gasteiger partial charge in [-0.05, 0) is 29.2 Å². The van der Waals surface area contributed by atoms with Crippen molar-refractivity contribution in [2.24, 2.45) is 0 Å². The van der Waals surface area contributed by atoms with Crippen LogP contribution in [0.2, 0.25) is 0 Å². The van der Waals surface area contributed by atoms with Gasteiger partial charge >= 0.3 is 0 Å². The van der Waals surface area contributed by atoms with Crippen LogP contribution < -0.4 is 0 Å². The predicted molar refractivity (Wildman–Crippen MR) is 102 cm³/mol. The average Bonchev–Trinajstić information content (AvgIpc) is 3.01. The molecule has 1 nitrogen and oxygen atoms in total. The monoisotopic (exact) mass is 309 g/mol. The number of aromatic amines is 1. The maximum Gasteiger partial charge on any atom is 0.0541 e. The van der Waals surface area contributed by atoms with Crippen LogP contribution >= 0.6 is 0 Å². The first-order valence-electron chi connectivity index (χ1n) is 8.23. The first-order valence-corrected chi connectivity index (χ1v) is 8.23. The molecule has 3 aromatic carbocycles. The van der Waals surface area contributed by atoms with E-state index in [1.54, 1.807) is 0 Å². The fourth-order valence-electron chi connectivity index (χ4n) is 3.27. The van der Waals surface area contributed by atoms with Crippen LogP contribution in [0.1, 0.15) is 5.56 Å². The summed E-state index contributed by atoms with van der Waals surface area (Å²) in [6.07, 6.45) is 0. The molecule has 0 bridgehead atoms. The molecule has 24 heavy (non-hydrogen) atoms. The highest BCUT2D eigenvalue weighted by Crippen LogP contribution is 2.39. The summed E-state index contributed by atoms with van der Waals surface area (Å²) in [5.74, 6) is 0. The molecule has 0 amide bonds. The van der Waals surface area contributed by atoms with Crippen molar-refractivity contribution in [1.29, 1.82) is 0 Å². The minimum atomic E-state index is 1.18. The van der Waals surface area contributed by atoms with Crippen LogP contribution in [0.4, 0.5) is 0 Å². The highest BCUT2D eigenvalue weighted by Gasteiger charge is 2.17. The molecule has 4 aromatic rings. The highest BCUT2D eigenvalue weighted by atomic mass is 14.7. The first kappa shape index (κ1) is 14.5. The Hall–Kier alpha value is -3.06. The predicted octanol–water partition coefficient (Wildman–Crippen LogP) is 6.32. The standard InChI is InChI=1S/C23H19N/c1-17-21(18-11-5-2-6-12-18)23(20-15-9-4-10-16-20)24-22(17)19-13-7-3-8-14-19/h2-16,24H,1H3. The molecule has 0 unspecified atom stereocenters. The van der Waals surface area contributed by atoms with E-state index in [1.807, 2.05) is 0 Å². The number of benzene rings is 3. The molecule has 1 aromatic heterocycles. The highest BCUT2D eigenvalue weighted by molar-refractivity contribution is 5.89. The zero-order chi connectivity index (χ0) is 16.4. The minimum Gasteiger partial charge on any atom is -0.354 e.